The highest BCUT2D eigenvalue weighted by atomic mass is 32.2. The first-order valence-corrected chi connectivity index (χ1v) is 15.7. The van der Waals surface area contributed by atoms with Gasteiger partial charge in [0.05, 0.1) is 10.9 Å². The molecule has 1 aliphatic rings. The highest BCUT2D eigenvalue weighted by molar-refractivity contribution is 8.00. The van der Waals surface area contributed by atoms with Crippen LogP contribution in [0.25, 0.3) is 6.08 Å². The number of benzene rings is 4. The minimum absolute atomic E-state index is 0.0164. The van der Waals surface area contributed by atoms with Crippen molar-refractivity contribution < 1.29 is 24.0 Å². The van der Waals surface area contributed by atoms with Gasteiger partial charge in [-0.2, -0.15) is 0 Å². The molecule has 46 heavy (non-hydrogen) atoms. The molecule has 2 N–H and O–H groups in total. The van der Waals surface area contributed by atoms with Gasteiger partial charge in [0.15, 0.2) is 5.78 Å². The molecule has 8 nitrogen and oxygen atoms in total. The molecule has 0 bridgehead atoms. The maximum Gasteiger partial charge on any atom is 0.272 e. The molecule has 0 saturated carbocycles. The third-order valence-electron chi connectivity index (χ3n) is 7.45. The van der Waals surface area contributed by atoms with Gasteiger partial charge in [-0.3, -0.25) is 24.0 Å². The molecule has 4 aromatic rings. The van der Waals surface area contributed by atoms with E-state index in [2.05, 4.69) is 24.5 Å². The number of nitrogens with zero attached hydrogens (tertiary/aromatic N) is 1. The van der Waals surface area contributed by atoms with Crippen molar-refractivity contribution in [3.8, 4) is 0 Å². The van der Waals surface area contributed by atoms with Crippen molar-refractivity contribution in [2.24, 2.45) is 0 Å². The molecule has 4 aromatic carbocycles. The number of hydrogen-bond acceptors (Lipinski definition) is 6. The zero-order valence-corrected chi connectivity index (χ0v) is 26.5. The second-order valence-corrected chi connectivity index (χ2v) is 12.4. The maximum atomic E-state index is 13.5. The second kappa shape index (κ2) is 14.2. The number of anilines is 2. The van der Waals surface area contributed by atoms with Gasteiger partial charge in [0.25, 0.3) is 11.8 Å². The summed E-state index contributed by atoms with van der Waals surface area (Å²) >= 11 is 1.23. The molecular weight excluding hydrogens is 598 g/mol. The van der Waals surface area contributed by atoms with Gasteiger partial charge in [-0.15, -0.1) is 11.8 Å². The van der Waals surface area contributed by atoms with Gasteiger partial charge in [-0.1, -0.05) is 62.4 Å². The lowest BCUT2D eigenvalue weighted by atomic mass is 10.0. The SMILES string of the molecule is CC(=O)c1ccc(N2C(=O)C[C@@H](Sc3cccc(NC(=O)/C(=C/c4ccc(C(C)C)cc4)NC(=O)c4ccccc4)c3)C2=O)cc1. The smallest absolute Gasteiger partial charge is 0.272 e. The van der Waals surface area contributed by atoms with Crippen LogP contribution in [0.4, 0.5) is 11.4 Å². The Morgan fingerprint density at radius 3 is 2.20 bits per heavy atom. The molecule has 0 radical (unpaired) electrons. The van der Waals surface area contributed by atoms with E-state index in [0.717, 1.165) is 16.0 Å². The molecule has 5 rings (SSSR count). The van der Waals surface area contributed by atoms with Crippen LogP contribution < -0.4 is 15.5 Å². The number of carbonyl (C=O) groups is 5. The number of thioether (sulfide) groups is 1. The van der Waals surface area contributed by atoms with Crippen molar-refractivity contribution in [1.29, 1.82) is 0 Å². The number of amides is 4. The molecule has 1 atom stereocenters. The van der Waals surface area contributed by atoms with Gasteiger partial charge < -0.3 is 10.6 Å². The third-order valence-corrected chi connectivity index (χ3v) is 8.63. The molecular formula is C37H33N3O5S. The summed E-state index contributed by atoms with van der Waals surface area (Å²) in [4.78, 5) is 66.1. The van der Waals surface area contributed by atoms with Gasteiger partial charge in [-0.05, 0) is 84.6 Å². The number of carbonyl (C=O) groups excluding carboxylic acids is 5. The summed E-state index contributed by atoms with van der Waals surface area (Å²) in [5.41, 5.74) is 3.74. The topological polar surface area (TPSA) is 113 Å². The first-order valence-electron chi connectivity index (χ1n) is 14.8. The first-order chi connectivity index (χ1) is 22.1. The van der Waals surface area contributed by atoms with Gasteiger partial charge >= 0.3 is 0 Å². The van der Waals surface area contributed by atoms with Crippen LogP contribution in [0.1, 0.15) is 65.0 Å². The van der Waals surface area contributed by atoms with Crippen LogP contribution in [-0.4, -0.2) is 34.7 Å². The summed E-state index contributed by atoms with van der Waals surface area (Å²) in [7, 11) is 0. The number of Topliss-reactive ketones (excluding diaryl/α,β-unsaturated/α-hetero) is 1. The van der Waals surface area contributed by atoms with E-state index in [9.17, 15) is 24.0 Å². The number of ketones is 1. The van der Waals surface area contributed by atoms with Gasteiger partial charge in [-0.25, -0.2) is 4.90 Å². The Hall–Kier alpha value is -5.28. The van der Waals surface area contributed by atoms with Crippen molar-refractivity contribution in [1.82, 2.24) is 5.32 Å². The van der Waals surface area contributed by atoms with Crippen molar-refractivity contribution in [2.45, 2.75) is 43.3 Å². The van der Waals surface area contributed by atoms with E-state index < -0.39 is 17.1 Å². The fourth-order valence-corrected chi connectivity index (χ4v) is 6.02. The van der Waals surface area contributed by atoms with Crippen LogP contribution >= 0.6 is 11.8 Å². The van der Waals surface area contributed by atoms with Crippen molar-refractivity contribution in [3.63, 3.8) is 0 Å². The Morgan fingerprint density at radius 2 is 1.54 bits per heavy atom. The van der Waals surface area contributed by atoms with E-state index in [1.54, 1.807) is 84.9 Å². The minimum Gasteiger partial charge on any atom is -0.321 e. The molecule has 0 aromatic heterocycles. The summed E-state index contributed by atoms with van der Waals surface area (Å²) in [5.74, 6) is -1.37. The predicted octanol–water partition coefficient (Wildman–Crippen LogP) is 6.85. The Labute approximate surface area is 271 Å². The lowest BCUT2D eigenvalue weighted by Gasteiger charge is -2.15. The highest BCUT2D eigenvalue weighted by Gasteiger charge is 2.40. The Kier molecular flexibility index (Phi) is 9.93. The zero-order chi connectivity index (χ0) is 32.8. The minimum atomic E-state index is -0.652. The second-order valence-electron chi connectivity index (χ2n) is 11.2. The van der Waals surface area contributed by atoms with E-state index in [-0.39, 0.29) is 29.7 Å². The average molecular weight is 632 g/mol. The summed E-state index contributed by atoms with van der Waals surface area (Å²) in [5, 5.41) is 4.96. The largest absolute Gasteiger partial charge is 0.321 e. The van der Waals surface area contributed by atoms with Crippen LogP contribution in [-0.2, 0) is 14.4 Å². The standard InChI is InChI=1S/C37H33N3O5S/c1-23(2)26-14-12-25(13-15-26)20-32(39-35(43)28-8-5-4-6-9-28)36(44)38-29-10-7-11-31(21-29)46-33-22-34(42)40(37(33)45)30-18-16-27(17-19-30)24(3)41/h4-21,23,33H,22H2,1-3H3,(H,38,44)(H,39,43)/b32-20-/t33-/m1/s1. The number of hydrogen-bond donors (Lipinski definition) is 2. The lowest BCUT2D eigenvalue weighted by molar-refractivity contribution is -0.121. The monoisotopic (exact) mass is 631 g/mol. The molecule has 232 valence electrons. The molecule has 9 heteroatoms. The number of imide groups is 1. The molecule has 0 aliphatic carbocycles. The van der Waals surface area contributed by atoms with E-state index in [0.29, 0.717) is 33.3 Å². The van der Waals surface area contributed by atoms with Crippen LogP contribution in [0.2, 0.25) is 0 Å². The van der Waals surface area contributed by atoms with Gasteiger partial charge in [0, 0.05) is 28.1 Å². The van der Waals surface area contributed by atoms with Crippen LogP contribution in [0.3, 0.4) is 0 Å². The molecule has 0 unspecified atom stereocenters. The summed E-state index contributed by atoms with van der Waals surface area (Å²) in [6, 6.07) is 29.8. The number of rotatable bonds is 10. The van der Waals surface area contributed by atoms with Crippen molar-refractivity contribution >= 4 is 58.6 Å². The number of nitrogens with one attached hydrogen (secondary N) is 2. The van der Waals surface area contributed by atoms with Crippen molar-refractivity contribution in [2.75, 3.05) is 10.2 Å². The summed E-state index contributed by atoms with van der Waals surface area (Å²) < 4.78 is 0. The van der Waals surface area contributed by atoms with E-state index >= 15 is 0 Å². The van der Waals surface area contributed by atoms with Gasteiger partial charge in [0.1, 0.15) is 5.70 Å². The Bertz CT molecular complexity index is 1820. The van der Waals surface area contributed by atoms with Crippen LogP contribution in [0.5, 0.6) is 0 Å². The quantitative estimate of drug-likeness (QED) is 0.113. The Balaban J connectivity index is 1.32. The van der Waals surface area contributed by atoms with Gasteiger partial charge in [0.2, 0.25) is 11.8 Å². The first kappa shape index (κ1) is 32.1. The Morgan fingerprint density at radius 1 is 0.848 bits per heavy atom. The lowest BCUT2D eigenvalue weighted by Crippen LogP contribution is -2.31. The fourth-order valence-electron chi connectivity index (χ4n) is 4.91. The molecule has 0 spiro atoms. The van der Waals surface area contributed by atoms with E-state index in [4.69, 9.17) is 0 Å². The molecule has 1 aliphatic heterocycles. The predicted molar refractivity (Wildman–Crippen MR) is 181 cm³/mol. The summed E-state index contributed by atoms with van der Waals surface area (Å²) in [6.45, 7) is 5.65. The fraction of sp³-hybridized carbons (Fsp3) is 0.162. The van der Waals surface area contributed by atoms with Crippen LogP contribution in [0.15, 0.2) is 114 Å². The highest BCUT2D eigenvalue weighted by Crippen LogP contribution is 2.35. The zero-order valence-electron chi connectivity index (χ0n) is 25.7. The summed E-state index contributed by atoms with van der Waals surface area (Å²) in [6.07, 6.45) is 1.64. The molecule has 1 fully saturated rings. The molecule has 1 saturated heterocycles. The normalized spacial score (nSPS) is 14.8. The van der Waals surface area contributed by atoms with Crippen molar-refractivity contribution in [3.05, 3.63) is 131 Å². The van der Waals surface area contributed by atoms with E-state index in [1.807, 2.05) is 24.3 Å². The average Bonchev–Trinajstić information content (AvgIpc) is 3.33. The molecule has 1 heterocycles. The van der Waals surface area contributed by atoms with Crippen LogP contribution in [0, 0.1) is 0 Å². The molecule has 4 amide bonds. The third kappa shape index (κ3) is 7.68. The van der Waals surface area contributed by atoms with E-state index in [1.165, 1.54) is 18.7 Å². The maximum absolute atomic E-state index is 13.5.